The Bertz CT molecular complexity index is 825. The molecule has 2 saturated carbocycles. The Hall–Kier alpha value is -1.49. The van der Waals surface area contributed by atoms with E-state index in [2.05, 4.69) is 43.5 Å². The summed E-state index contributed by atoms with van der Waals surface area (Å²) in [5.74, 6) is 1.81. The molecule has 0 atom stereocenters. The van der Waals surface area contributed by atoms with Crippen LogP contribution in [-0.2, 0) is 17.8 Å². The number of nitrogens with two attached hydrogens (primary N) is 1. The summed E-state index contributed by atoms with van der Waals surface area (Å²) in [5, 5.41) is 0. The van der Waals surface area contributed by atoms with Gasteiger partial charge < -0.3 is 10.3 Å². The van der Waals surface area contributed by atoms with Crippen molar-refractivity contribution in [1.82, 2.24) is 9.55 Å². The van der Waals surface area contributed by atoms with E-state index >= 15 is 0 Å². The summed E-state index contributed by atoms with van der Waals surface area (Å²) in [7, 11) is 0. The van der Waals surface area contributed by atoms with E-state index in [4.69, 9.17) is 10.7 Å². The van der Waals surface area contributed by atoms with E-state index < -0.39 is 0 Å². The Labute approximate surface area is 153 Å². The standard InChI is InChI=1S/C20H27N3OS/c1-19(2,3)11-17-22-15-10-14(25-20(8-9-20)18(21)24)6-7-16(15)23(17)12-13-4-5-13/h6-7,10,13H,4-5,8-9,11-12H2,1-3H3,(H2,21,24). The molecule has 2 fully saturated rings. The maximum Gasteiger partial charge on any atom is 0.234 e. The molecule has 4 rings (SSSR count). The van der Waals surface area contributed by atoms with Crippen molar-refractivity contribution in [3.8, 4) is 0 Å². The van der Waals surface area contributed by atoms with E-state index in [9.17, 15) is 4.79 Å². The highest BCUT2D eigenvalue weighted by atomic mass is 32.2. The summed E-state index contributed by atoms with van der Waals surface area (Å²) in [6.45, 7) is 7.87. The first-order valence-corrected chi connectivity index (χ1v) is 10.1. The van der Waals surface area contributed by atoms with Gasteiger partial charge >= 0.3 is 0 Å². The molecular formula is C20H27N3OS. The molecule has 134 valence electrons. The predicted molar refractivity (Wildman–Crippen MR) is 103 cm³/mol. The van der Waals surface area contributed by atoms with Gasteiger partial charge in [0.2, 0.25) is 5.91 Å². The zero-order valence-corrected chi connectivity index (χ0v) is 16.2. The van der Waals surface area contributed by atoms with E-state index in [1.165, 1.54) is 24.2 Å². The third-order valence-corrected chi connectivity index (χ3v) is 6.58. The highest BCUT2D eigenvalue weighted by Crippen LogP contribution is 2.51. The van der Waals surface area contributed by atoms with Gasteiger partial charge in [0, 0.05) is 17.9 Å². The minimum Gasteiger partial charge on any atom is -0.368 e. The summed E-state index contributed by atoms with van der Waals surface area (Å²) < 4.78 is 2.05. The molecule has 1 aromatic carbocycles. The smallest absolute Gasteiger partial charge is 0.234 e. The average Bonchev–Trinajstić information content (AvgIpc) is 3.39. The van der Waals surface area contributed by atoms with Gasteiger partial charge in [-0.25, -0.2) is 4.98 Å². The molecule has 0 bridgehead atoms. The lowest BCUT2D eigenvalue weighted by atomic mass is 9.92. The van der Waals surface area contributed by atoms with Gasteiger partial charge in [-0.15, -0.1) is 11.8 Å². The van der Waals surface area contributed by atoms with Crippen LogP contribution in [0.2, 0.25) is 0 Å². The average molecular weight is 358 g/mol. The van der Waals surface area contributed by atoms with Crippen molar-refractivity contribution in [2.45, 2.75) is 69.1 Å². The summed E-state index contributed by atoms with van der Waals surface area (Å²) in [4.78, 5) is 17.7. The van der Waals surface area contributed by atoms with Gasteiger partial charge in [-0.3, -0.25) is 4.79 Å². The van der Waals surface area contributed by atoms with Gasteiger partial charge in [0.05, 0.1) is 15.8 Å². The van der Waals surface area contributed by atoms with Gasteiger partial charge in [0.25, 0.3) is 0 Å². The summed E-state index contributed by atoms with van der Waals surface area (Å²) in [5.41, 5.74) is 8.05. The van der Waals surface area contributed by atoms with Crippen molar-refractivity contribution in [2.75, 3.05) is 0 Å². The Morgan fingerprint density at radius 2 is 2.08 bits per heavy atom. The summed E-state index contributed by atoms with van der Waals surface area (Å²) >= 11 is 1.61. The largest absolute Gasteiger partial charge is 0.368 e. The molecule has 25 heavy (non-hydrogen) atoms. The number of thioether (sulfide) groups is 1. The Morgan fingerprint density at radius 1 is 1.36 bits per heavy atom. The molecule has 2 aliphatic rings. The molecule has 5 heteroatoms. The number of hydrogen-bond donors (Lipinski definition) is 1. The van der Waals surface area contributed by atoms with Crippen molar-refractivity contribution in [1.29, 1.82) is 0 Å². The highest BCUT2D eigenvalue weighted by Gasteiger charge is 2.49. The lowest BCUT2D eigenvalue weighted by molar-refractivity contribution is -0.118. The molecule has 1 amide bonds. The Balaban J connectivity index is 1.68. The van der Waals surface area contributed by atoms with Crippen molar-refractivity contribution in [2.24, 2.45) is 17.1 Å². The second-order valence-electron chi connectivity index (χ2n) is 8.93. The Kier molecular flexibility index (Phi) is 3.91. The molecular weight excluding hydrogens is 330 g/mol. The Morgan fingerprint density at radius 3 is 2.64 bits per heavy atom. The molecule has 0 radical (unpaired) electrons. The van der Waals surface area contributed by atoms with Gasteiger partial charge in [-0.2, -0.15) is 0 Å². The molecule has 0 aliphatic heterocycles. The number of aromatic nitrogens is 2. The molecule has 1 heterocycles. The summed E-state index contributed by atoms with van der Waals surface area (Å²) in [6, 6.07) is 6.44. The van der Waals surface area contributed by atoms with Crippen LogP contribution in [-0.4, -0.2) is 20.2 Å². The van der Waals surface area contributed by atoms with Gasteiger partial charge in [0.15, 0.2) is 0 Å². The number of imidazole rings is 1. The first kappa shape index (κ1) is 17.0. The van der Waals surface area contributed by atoms with E-state index in [0.717, 1.165) is 42.1 Å². The van der Waals surface area contributed by atoms with Crippen molar-refractivity contribution < 1.29 is 4.79 Å². The number of rotatable bonds is 6. The third kappa shape index (κ3) is 3.57. The van der Waals surface area contributed by atoms with Crippen LogP contribution < -0.4 is 5.73 Å². The predicted octanol–water partition coefficient (Wildman–Crippen LogP) is 4.14. The third-order valence-electron chi connectivity index (χ3n) is 5.09. The van der Waals surface area contributed by atoms with Gasteiger partial charge in [-0.1, -0.05) is 20.8 Å². The van der Waals surface area contributed by atoms with Crippen molar-refractivity contribution in [3.05, 3.63) is 24.0 Å². The topological polar surface area (TPSA) is 60.9 Å². The van der Waals surface area contributed by atoms with Crippen LogP contribution in [0.5, 0.6) is 0 Å². The van der Waals surface area contributed by atoms with Gasteiger partial charge in [0.1, 0.15) is 5.82 Å². The lowest BCUT2D eigenvalue weighted by Gasteiger charge is -2.18. The molecule has 0 saturated heterocycles. The number of carbonyl (C=O) groups excluding carboxylic acids is 1. The number of carbonyl (C=O) groups is 1. The number of amides is 1. The molecule has 0 spiro atoms. The van der Waals surface area contributed by atoms with Crippen LogP contribution >= 0.6 is 11.8 Å². The van der Waals surface area contributed by atoms with E-state index in [1.807, 2.05) is 0 Å². The SMILES string of the molecule is CC(C)(C)Cc1nc2cc(SC3(C(N)=O)CC3)ccc2n1CC1CC1. The quantitative estimate of drug-likeness (QED) is 0.845. The molecule has 0 unspecified atom stereocenters. The molecule has 2 aliphatic carbocycles. The number of hydrogen-bond acceptors (Lipinski definition) is 3. The van der Waals surface area contributed by atoms with Crippen LogP contribution in [0.3, 0.4) is 0 Å². The van der Waals surface area contributed by atoms with Crippen LogP contribution in [0, 0.1) is 11.3 Å². The molecule has 2 aromatic rings. The minimum atomic E-state index is -0.376. The fraction of sp³-hybridized carbons (Fsp3) is 0.600. The number of fused-ring (bicyclic) bond motifs is 1. The van der Waals surface area contributed by atoms with Crippen molar-refractivity contribution in [3.63, 3.8) is 0 Å². The monoisotopic (exact) mass is 357 g/mol. The second-order valence-corrected chi connectivity index (χ2v) is 10.4. The van der Waals surface area contributed by atoms with Gasteiger partial charge in [-0.05, 0) is 55.2 Å². The van der Waals surface area contributed by atoms with Crippen LogP contribution in [0.4, 0.5) is 0 Å². The summed E-state index contributed by atoms with van der Waals surface area (Å²) in [6.07, 6.45) is 5.42. The fourth-order valence-corrected chi connectivity index (χ4v) is 4.50. The molecule has 1 aromatic heterocycles. The van der Waals surface area contributed by atoms with Crippen LogP contribution in [0.1, 0.15) is 52.3 Å². The highest BCUT2D eigenvalue weighted by molar-refractivity contribution is 8.01. The van der Waals surface area contributed by atoms with E-state index in [0.29, 0.717) is 0 Å². The number of primary amides is 1. The van der Waals surface area contributed by atoms with Crippen molar-refractivity contribution >= 4 is 28.7 Å². The first-order valence-electron chi connectivity index (χ1n) is 9.24. The number of benzene rings is 1. The number of nitrogens with zero attached hydrogens (tertiary/aromatic N) is 2. The van der Waals surface area contributed by atoms with E-state index in [-0.39, 0.29) is 16.1 Å². The maximum absolute atomic E-state index is 11.7. The first-order chi connectivity index (χ1) is 11.8. The zero-order valence-electron chi connectivity index (χ0n) is 15.3. The van der Waals surface area contributed by atoms with Crippen LogP contribution in [0.15, 0.2) is 23.1 Å². The van der Waals surface area contributed by atoms with Crippen LogP contribution in [0.25, 0.3) is 11.0 Å². The molecule has 2 N–H and O–H groups in total. The lowest BCUT2D eigenvalue weighted by Crippen LogP contribution is -2.27. The second kappa shape index (κ2) is 5.76. The molecule has 4 nitrogen and oxygen atoms in total. The van der Waals surface area contributed by atoms with E-state index in [1.54, 1.807) is 11.8 Å². The normalized spacial score (nSPS) is 19.3. The zero-order chi connectivity index (χ0) is 17.8. The fourth-order valence-electron chi connectivity index (χ4n) is 3.33. The minimum absolute atomic E-state index is 0.190. The maximum atomic E-state index is 11.7.